The molecule has 3 aliphatic carbocycles. The van der Waals surface area contributed by atoms with E-state index in [1.54, 1.807) is 6.20 Å². The number of rotatable bonds is 13. The third kappa shape index (κ3) is 7.60. The Labute approximate surface area is 321 Å². The van der Waals surface area contributed by atoms with Crippen molar-refractivity contribution < 1.29 is 27.6 Å². The van der Waals surface area contributed by atoms with Gasteiger partial charge in [-0.25, -0.2) is 13.1 Å². The number of likely N-dealkylation sites (tertiary alicyclic amines) is 1. The van der Waals surface area contributed by atoms with Crippen molar-refractivity contribution in [1.29, 1.82) is 0 Å². The standard InChI is InChI=1S/C41H48N6O7S/c1-4-29-22-41(29,40(52)45-55(53,54)31-19-20-31)44-37(49)33-21-30(24-46(33)39(51)35(25(2)3)43-36(48)28-17-11-12-18-28)47-38(50)34(27-15-9-6-10-16-27)32(23-42-47)26-13-7-5-8-14-26/h4-10,13-16,23,25,28-31,33,35H,1,11-12,17-22,24H2,2-3H3,(H,43,48)(H,44,49)(H,45,52)/t29-,30-,33+,35+,41-/m1/s1. The summed E-state index contributed by atoms with van der Waals surface area (Å²) in [4.78, 5) is 71.9. The van der Waals surface area contributed by atoms with Gasteiger partial charge in [0.1, 0.15) is 17.6 Å². The van der Waals surface area contributed by atoms with Crippen molar-refractivity contribution in [2.45, 2.75) is 94.1 Å². The minimum Gasteiger partial charge on any atom is -0.344 e. The lowest BCUT2D eigenvalue weighted by Crippen LogP contribution is -2.59. The molecule has 0 radical (unpaired) electrons. The van der Waals surface area contributed by atoms with Gasteiger partial charge in [-0.2, -0.15) is 5.10 Å². The first-order valence-electron chi connectivity index (χ1n) is 19.2. The number of hydrogen-bond donors (Lipinski definition) is 3. The largest absolute Gasteiger partial charge is 0.344 e. The first-order valence-corrected chi connectivity index (χ1v) is 20.7. The Kier molecular flexibility index (Phi) is 10.5. The summed E-state index contributed by atoms with van der Waals surface area (Å²) in [7, 11) is -3.92. The molecular weight excluding hydrogens is 721 g/mol. The van der Waals surface area contributed by atoms with Crippen molar-refractivity contribution >= 4 is 33.7 Å². The molecule has 0 unspecified atom stereocenters. The maximum absolute atomic E-state index is 14.6. The van der Waals surface area contributed by atoms with E-state index in [1.165, 1.54) is 15.7 Å². The second kappa shape index (κ2) is 15.2. The van der Waals surface area contributed by atoms with Crippen LogP contribution in [0.2, 0.25) is 0 Å². The summed E-state index contributed by atoms with van der Waals surface area (Å²) >= 11 is 0. The summed E-state index contributed by atoms with van der Waals surface area (Å²) in [6, 6.07) is 15.7. The number of nitrogens with zero attached hydrogens (tertiary/aromatic N) is 3. The van der Waals surface area contributed by atoms with E-state index >= 15 is 0 Å². The Balaban J connectivity index is 1.24. The van der Waals surface area contributed by atoms with Gasteiger partial charge in [-0.1, -0.05) is 93.4 Å². The lowest BCUT2D eigenvalue weighted by atomic mass is 9.97. The molecule has 3 N–H and O–H groups in total. The summed E-state index contributed by atoms with van der Waals surface area (Å²) < 4.78 is 29.0. The van der Waals surface area contributed by atoms with Crippen molar-refractivity contribution in [1.82, 2.24) is 30.0 Å². The van der Waals surface area contributed by atoms with Crippen LogP contribution in [0.3, 0.4) is 0 Å². The van der Waals surface area contributed by atoms with E-state index in [0.717, 1.165) is 31.2 Å². The Morgan fingerprint density at radius 2 is 1.56 bits per heavy atom. The van der Waals surface area contributed by atoms with E-state index in [0.29, 0.717) is 29.5 Å². The topological polar surface area (TPSA) is 177 Å². The van der Waals surface area contributed by atoms with Crippen LogP contribution < -0.4 is 20.9 Å². The minimum atomic E-state index is -3.92. The molecule has 1 aliphatic heterocycles. The van der Waals surface area contributed by atoms with Crippen LogP contribution >= 0.6 is 0 Å². The molecule has 55 heavy (non-hydrogen) atoms. The predicted molar refractivity (Wildman–Crippen MR) is 207 cm³/mol. The molecule has 0 spiro atoms. The maximum Gasteiger partial charge on any atom is 0.275 e. The van der Waals surface area contributed by atoms with Gasteiger partial charge in [-0.05, 0) is 49.1 Å². The maximum atomic E-state index is 14.6. The normalized spacial score (nSPS) is 24.3. The molecule has 14 heteroatoms. The zero-order valence-electron chi connectivity index (χ0n) is 31.1. The highest BCUT2D eigenvalue weighted by Gasteiger charge is 2.62. The number of hydrogen-bond acceptors (Lipinski definition) is 8. The minimum absolute atomic E-state index is 0.0262. The van der Waals surface area contributed by atoms with Gasteiger partial charge in [0.2, 0.25) is 27.7 Å². The van der Waals surface area contributed by atoms with Crippen molar-refractivity contribution in [3.05, 3.63) is 89.9 Å². The molecule has 4 fully saturated rings. The van der Waals surface area contributed by atoms with Gasteiger partial charge in [0.15, 0.2) is 0 Å². The first kappa shape index (κ1) is 38.2. The van der Waals surface area contributed by atoms with Crippen molar-refractivity contribution in [2.75, 3.05) is 6.54 Å². The predicted octanol–water partition coefficient (Wildman–Crippen LogP) is 3.72. The number of carbonyl (C=O) groups is 4. The highest BCUT2D eigenvalue weighted by Crippen LogP contribution is 2.46. The van der Waals surface area contributed by atoms with Crippen molar-refractivity contribution in [3.8, 4) is 22.3 Å². The fourth-order valence-corrected chi connectivity index (χ4v) is 9.46. The highest BCUT2D eigenvalue weighted by atomic mass is 32.2. The Morgan fingerprint density at radius 1 is 0.927 bits per heavy atom. The van der Waals surface area contributed by atoms with Gasteiger partial charge < -0.3 is 15.5 Å². The van der Waals surface area contributed by atoms with Crippen molar-refractivity contribution in [3.63, 3.8) is 0 Å². The second-order valence-electron chi connectivity index (χ2n) is 15.7. The summed E-state index contributed by atoms with van der Waals surface area (Å²) in [6.07, 6.45) is 7.49. The number of sulfonamides is 1. The van der Waals surface area contributed by atoms with E-state index in [-0.39, 0.29) is 37.1 Å². The SMILES string of the molecule is C=C[C@@H]1C[C@]1(NC(=O)[C@@H]1C[C@@H](n2ncc(-c3ccccc3)c(-c3ccccc3)c2=O)CN1C(=O)[C@@H](NC(=O)C1CCCC1)C(C)C)C(=O)NS(=O)(=O)C1CC1. The molecule has 2 heterocycles. The quantitative estimate of drug-likeness (QED) is 0.221. The van der Waals surface area contributed by atoms with Crippen LogP contribution in [0.5, 0.6) is 0 Å². The number of aromatic nitrogens is 2. The van der Waals surface area contributed by atoms with E-state index in [9.17, 15) is 32.4 Å². The van der Waals surface area contributed by atoms with Crippen molar-refractivity contribution in [2.24, 2.45) is 17.8 Å². The molecule has 13 nitrogen and oxygen atoms in total. The molecule has 4 amide bonds. The van der Waals surface area contributed by atoms with Gasteiger partial charge in [-0.3, -0.25) is 28.7 Å². The first-order chi connectivity index (χ1) is 26.3. The number of nitrogens with one attached hydrogen (secondary N) is 3. The third-order valence-corrected chi connectivity index (χ3v) is 13.4. The van der Waals surface area contributed by atoms with Crippen LogP contribution in [0, 0.1) is 17.8 Å². The van der Waals surface area contributed by atoms with Gasteiger partial charge in [-0.15, -0.1) is 6.58 Å². The van der Waals surface area contributed by atoms with Gasteiger partial charge >= 0.3 is 0 Å². The van der Waals surface area contributed by atoms with Crippen LogP contribution in [0.25, 0.3) is 22.3 Å². The van der Waals surface area contributed by atoms with Crippen LogP contribution in [0.15, 0.2) is 84.3 Å². The Morgan fingerprint density at radius 3 is 2.15 bits per heavy atom. The van der Waals surface area contributed by atoms with Gasteiger partial charge in [0.25, 0.3) is 11.5 Å². The molecule has 5 atom stereocenters. The lowest BCUT2D eigenvalue weighted by Gasteiger charge is -2.32. The molecule has 7 rings (SSSR count). The average molecular weight is 769 g/mol. The summed E-state index contributed by atoms with van der Waals surface area (Å²) in [5, 5.41) is 9.74. The summed E-state index contributed by atoms with van der Waals surface area (Å²) in [5.41, 5.74) is 0.530. The molecule has 2 aromatic carbocycles. The van der Waals surface area contributed by atoms with E-state index in [2.05, 4.69) is 27.0 Å². The second-order valence-corrected chi connectivity index (χ2v) is 17.7. The molecular formula is C41H48N6O7S. The molecule has 0 bridgehead atoms. The summed E-state index contributed by atoms with van der Waals surface area (Å²) in [6.45, 7) is 7.35. The monoisotopic (exact) mass is 768 g/mol. The molecule has 3 saturated carbocycles. The van der Waals surface area contributed by atoms with Crippen LogP contribution in [0.4, 0.5) is 0 Å². The van der Waals surface area contributed by atoms with Crippen LogP contribution in [-0.4, -0.2) is 76.1 Å². The van der Waals surface area contributed by atoms with Crippen LogP contribution in [0.1, 0.15) is 71.3 Å². The molecule has 1 aromatic heterocycles. The molecule has 4 aliphatic rings. The summed E-state index contributed by atoms with van der Waals surface area (Å²) in [5.74, 6) is -3.30. The number of amides is 4. The Hall–Kier alpha value is -5.11. The number of carbonyl (C=O) groups excluding carboxylic acids is 4. The molecule has 290 valence electrons. The Bertz CT molecular complexity index is 2150. The number of benzene rings is 2. The van der Waals surface area contributed by atoms with E-state index in [1.807, 2.05) is 74.5 Å². The molecule has 3 aromatic rings. The average Bonchev–Trinajstić information content (AvgIpc) is 4.04. The zero-order valence-corrected chi connectivity index (χ0v) is 32.0. The highest BCUT2D eigenvalue weighted by molar-refractivity contribution is 7.91. The van der Waals surface area contributed by atoms with Gasteiger partial charge in [0, 0.05) is 30.4 Å². The van der Waals surface area contributed by atoms with Gasteiger partial charge in [0.05, 0.1) is 23.1 Å². The molecule has 1 saturated heterocycles. The van der Waals surface area contributed by atoms with E-state index in [4.69, 9.17) is 0 Å². The fourth-order valence-electron chi connectivity index (χ4n) is 8.10. The lowest BCUT2D eigenvalue weighted by molar-refractivity contribution is -0.143. The fraction of sp³-hybridized carbons (Fsp3) is 0.463. The smallest absolute Gasteiger partial charge is 0.275 e. The zero-order chi connectivity index (χ0) is 39.1. The third-order valence-electron chi connectivity index (χ3n) is 11.6. The van der Waals surface area contributed by atoms with Crippen LogP contribution in [-0.2, 0) is 29.2 Å². The van der Waals surface area contributed by atoms with E-state index < -0.39 is 68.1 Å².